The van der Waals surface area contributed by atoms with Crippen LogP contribution in [0.5, 0.6) is 5.75 Å². The molecule has 270 valence electrons. The van der Waals surface area contributed by atoms with E-state index in [9.17, 15) is 28.3 Å². The summed E-state index contributed by atoms with van der Waals surface area (Å²) in [5, 5.41) is 24.4. The fraction of sp³-hybridized carbons (Fsp3) is 0.425. The number of nitrogens with zero attached hydrogens (tertiary/aromatic N) is 1. The van der Waals surface area contributed by atoms with E-state index in [1.807, 2.05) is 37.3 Å². The summed E-state index contributed by atoms with van der Waals surface area (Å²) in [6.45, 7) is 2.60. The highest BCUT2D eigenvalue weighted by atomic mass is 19.2. The fourth-order valence-corrected chi connectivity index (χ4v) is 7.02. The van der Waals surface area contributed by atoms with Gasteiger partial charge in [-0.3, -0.25) is 19.4 Å². The number of halogens is 2. The molecule has 2 bridgehead atoms. The van der Waals surface area contributed by atoms with Gasteiger partial charge in [0.25, 0.3) is 0 Å². The molecule has 0 aromatic heterocycles. The van der Waals surface area contributed by atoms with Gasteiger partial charge in [0.05, 0.1) is 18.5 Å². The first-order valence-corrected chi connectivity index (χ1v) is 17.7. The summed E-state index contributed by atoms with van der Waals surface area (Å²) in [5.74, 6) is -3.72. The zero-order chi connectivity index (χ0) is 36.5. The Morgan fingerprint density at radius 3 is 2.71 bits per heavy atom. The van der Waals surface area contributed by atoms with Crippen LogP contribution in [-0.4, -0.2) is 53.8 Å². The number of nitrogens with one attached hydrogen (secondary N) is 3. The number of rotatable bonds is 14. The number of ketones is 2. The van der Waals surface area contributed by atoms with Crippen LogP contribution in [-0.2, 0) is 16.0 Å². The normalized spacial score (nSPS) is 22.0. The number of carbonyl (C=O) groups excluding carboxylic acids is 2. The van der Waals surface area contributed by atoms with Crippen LogP contribution >= 0.6 is 0 Å². The molecule has 9 nitrogen and oxygen atoms in total. The Hall–Kier alpha value is -4.77. The van der Waals surface area contributed by atoms with Crippen LogP contribution in [0.25, 0.3) is 5.57 Å². The third-order valence-corrected chi connectivity index (χ3v) is 9.87. The van der Waals surface area contributed by atoms with Gasteiger partial charge in [-0.1, -0.05) is 31.6 Å². The van der Waals surface area contributed by atoms with Crippen molar-refractivity contribution in [3.63, 3.8) is 0 Å². The summed E-state index contributed by atoms with van der Waals surface area (Å²) < 4.78 is 34.4. The minimum Gasteiger partial charge on any atom is -0.494 e. The van der Waals surface area contributed by atoms with Crippen molar-refractivity contribution in [1.29, 1.82) is 5.41 Å². The minimum absolute atomic E-state index is 0.0311. The summed E-state index contributed by atoms with van der Waals surface area (Å²) in [6.07, 6.45) is 13.0. The summed E-state index contributed by atoms with van der Waals surface area (Å²) >= 11 is 0. The van der Waals surface area contributed by atoms with Gasteiger partial charge >= 0.3 is 5.97 Å². The average Bonchev–Trinajstić information content (AvgIpc) is 3.09. The third-order valence-electron chi connectivity index (χ3n) is 9.87. The van der Waals surface area contributed by atoms with Crippen molar-refractivity contribution in [2.24, 2.45) is 16.8 Å². The van der Waals surface area contributed by atoms with Crippen LogP contribution in [0.1, 0.15) is 92.6 Å². The van der Waals surface area contributed by atoms with Crippen molar-refractivity contribution >= 4 is 40.2 Å². The second kappa shape index (κ2) is 17.4. The SMILES string of the molecule is CCc1cc(N/C2=C\C/C=C\C3CC2=NC=C3c2ccc(OC)c(F)c2F)ccc1C(=O)CC(=N)CCCC(=O)C1CCCCN[C@H](C(=O)O)C1. The Labute approximate surface area is 297 Å². The third kappa shape index (κ3) is 9.32. The molecular weight excluding hydrogens is 654 g/mol. The smallest absolute Gasteiger partial charge is 0.320 e. The van der Waals surface area contributed by atoms with E-state index in [2.05, 4.69) is 15.6 Å². The number of carbonyl (C=O) groups is 3. The molecule has 2 heterocycles. The number of ether oxygens (including phenoxy) is 1. The molecule has 1 fully saturated rings. The predicted molar refractivity (Wildman–Crippen MR) is 195 cm³/mol. The average molecular weight is 701 g/mol. The molecule has 4 N–H and O–H groups in total. The second-order valence-electron chi connectivity index (χ2n) is 13.3. The largest absolute Gasteiger partial charge is 0.494 e. The van der Waals surface area contributed by atoms with Gasteiger partial charge in [0.15, 0.2) is 17.3 Å². The van der Waals surface area contributed by atoms with Crippen molar-refractivity contribution in [3.8, 4) is 5.75 Å². The van der Waals surface area contributed by atoms with E-state index in [-0.39, 0.29) is 59.7 Å². The highest BCUT2D eigenvalue weighted by Crippen LogP contribution is 2.37. The second-order valence-corrected chi connectivity index (χ2v) is 13.3. The number of anilines is 1. The lowest BCUT2D eigenvalue weighted by molar-refractivity contribution is -0.140. The number of hydrogen-bond acceptors (Lipinski definition) is 8. The zero-order valence-electron chi connectivity index (χ0n) is 29.2. The zero-order valence-corrected chi connectivity index (χ0v) is 29.2. The molecule has 2 aliphatic heterocycles. The van der Waals surface area contributed by atoms with Gasteiger partial charge in [0.1, 0.15) is 11.8 Å². The first kappa shape index (κ1) is 37.5. The summed E-state index contributed by atoms with van der Waals surface area (Å²) in [7, 11) is 1.29. The van der Waals surface area contributed by atoms with Gasteiger partial charge in [0, 0.05) is 59.8 Å². The molecule has 1 aliphatic carbocycles. The lowest BCUT2D eigenvalue weighted by Crippen LogP contribution is -2.41. The number of carboxylic acid groups (broad SMARTS) is 1. The molecule has 5 rings (SSSR count). The lowest BCUT2D eigenvalue weighted by Gasteiger charge is -2.26. The molecule has 0 amide bonds. The highest BCUT2D eigenvalue weighted by Gasteiger charge is 2.29. The fourth-order valence-electron chi connectivity index (χ4n) is 7.02. The van der Waals surface area contributed by atoms with Crippen molar-refractivity contribution in [2.75, 3.05) is 19.0 Å². The molecule has 0 spiro atoms. The van der Waals surface area contributed by atoms with Gasteiger partial charge in [0.2, 0.25) is 5.82 Å². The molecule has 2 unspecified atom stereocenters. The van der Waals surface area contributed by atoms with Gasteiger partial charge in [-0.15, -0.1) is 0 Å². The minimum atomic E-state index is -1.03. The van der Waals surface area contributed by atoms with Crippen molar-refractivity contribution in [3.05, 3.63) is 88.8 Å². The Balaban J connectivity index is 1.20. The first-order chi connectivity index (χ1) is 24.6. The van der Waals surface area contributed by atoms with Crippen molar-refractivity contribution < 1.29 is 33.0 Å². The molecule has 2 aromatic rings. The quantitative estimate of drug-likeness (QED) is 0.0894. The molecule has 11 heteroatoms. The van der Waals surface area contributed by atoms with E-state index in [4.69, 9.17) is 10.1 Å². The van der Waals surface area contributed by atoms with Crippen LogP contribution in [0.15, 0.2) is 65.4 Å². The maximum atomic E-state index is 15.0. The number of fused-ring (bicyclic) bond motifs is 2. The maximum Gasteiger partial charge on any atom is 0.320 e. The Morgan fingerprint density at radius 1 is 1.12 bits per heavy atom. The number of methoxy groups -OCH3 is 1. The Kier molecular flexibility index (Phi) is 12.8. The predicted octanol–water partition coefficient (Wildman–Crippen LogP) is 7.86. The molecular formula is C40H46F2N4O5. The number of Topliss-reactive ketones (excluding diaryl/α,β-unsaturated/α-hetero) is 2. The van der Waals surface area contributed by atoms with Crippen LogP contribution in [0.4, 0.5) is 14.5 Å². The van der Waals surface area contributed by atoms with Crippen LogP contribution in [0.2, 0.25) is 0 Å². The van der Waals surface area contributed by atoms with Crippen LogP contribution in [0.3, 0.4) is 0 Å². The van der Waals surface area contributed by atoms with E-state index in [1.54, 1.807) is 12.3 Å². The maximum absolute atomic E-state index is 15.0. The Bertz CT molecular complexity index is 1800. The molecule has 0 saturated carbocycles. The van der Waals surface area contributed by atoms with Gasteiger partial charge < -0.3 is 25.9 Å². The molecule has 2 aromatic carbocycles. The van der Waals surface area contributed by atoms with Gasteiger partial charge in [-0.2, -0.15) is 4.39 Å². The Morgan fingerprint density at radius 2 is 1.94 bits per heavy atom. The molecule has 0 radical (unpaired) electrons. The topological polar surface area (TPSA) is 141 Å². The van der Waals surface area contributed by atoms with E-state index < -0.39 is 23.6 Å². The standard InChI is InChI=1S/C40H46F2N4O5/c1-3-24-19-28(46-32-12-5-4-9-25-20-33(32)45-23-31(25)30-16-17-37(51-2)39(42)38(30)41)14-15-29(24)36(48)22-27(43)11-8-13-35(47)26-10-6-7-18-44-34(21-26)40(49)50/h4,9,12,14-17,19,23,25-26,34,43-44,46H,3,5-8,10-11,13,18,20-22H2,1-2H3,(H,49,50)/b9-4-,32-12-,43-27?/t25?,26?,34-/m0/s1. The summed E-state index contributed by atoms with van der Waals surface area (Å²) in [5.41, 5.74) is 4.75. The number of allylic oxidation sites excluding steroid dienone is 5. The van der Waals surface area contributed by atoms with Gasteiger partial charge in [-0.05, 0) is 93.0 Å². The summed E-state index contributed by atoms with van der Waals surface area (Å²) in [4.78, 5) is 42.4. The van der Waals surface area contributed by atoms with E-state index in [0.717, 1.165) is 35.5 Å². The van der Waals surface area contributed by atoms with Crippen LogP contribution < -0.4 is 15.4 Å². The summed E-state index contributed by atoms with van der Waals surface area (Å²) in [6, 6.07) is 7.74. The van der Waals surface area contributed by atoms with E-state index in [0.29, 0.717) is 56.2 Å². The molecule has 51 heavy (non-hydrogen) atoms. The van der Waals surface area contributed by atoms with Crippen LogP contribution in [0, 0.1) is 28.9 Å². The number of benzene rings is 2. The van der Waals surface area contributed by atoms with E-state index in [1.165, 1.54) is 19.2 Å². The number of aliphatic carboxylic acids is 1. The molecule has 3 atom stereocenters. The molecule has 3 aliphatic rings. The molecule has 1 saturated heterocycles. The van der Waals surface area contributed by atoms with Crippen molar-refractivity contribution in [1.82, 2.24) is 5.32 Å². The number of carboxylic acids is 1. The number of aryl methyl sites for hydroxylation is 1. The number of aliphatic imine (C=N–C) groups is 1. The van der Waals surface area contributed by atoms with Crippen molar-refractivity contribution in [2.45, 2.75) is 83.6 Å². The number of hydrogen-bond donors (Lipinski definition) is 4. The van der Waals surface area contributed by atoms with Gasteiger partial charge in [-0.25, -0.2) is 4.39 Å². The lowest BCUT2D eigenvalue weighted by atomic mass is 9.84. The van der Waals surface area contributed by atoms with E-state index >= 15 is 0 Å². The monoisotopic (exact) mass is 700 g/mol. The first-order valence-electron chi connectivity index (χ1n) is 17.7. The highest BCUT2D eigenvalue weighted by molar-refractivity contribution is 6.10.